The molecule has 12 unspecified atom stereocenters. The Balaban J connectivity index is 0.918. The monoisotopic (exact) mass is 1230 g/mol. The lowest BCUT2D eigenvalue weighted by Crippen LogP contribution is -2.66. The zero-order valence-electron chi connectivity index (χ0n) is 47.7. The van der Waals surface area contributed by atoms with Gasteiger partial charge in [-0.15, -0.1) is 0 Å². The fourth-order valence-corrected chi connectivity index (χ4v) is 17.1. The van der Waals surface area contributed by atoms with Crippen LogP contribution in [0, 0.1) is 45.3 Å². The Kier molecular flexibility index (Phi) is 18.5. The molecule has 0 radical (unpaired) electrons. The summed E-state index contributed by atoms with van der Waals surface area (Å²) < 4.78 is 137. The largest absolute Gasteiger partial charge is 0.458 e. The van der Waals surface area contributed by atoms with E-state index in [2.05, 4.69) is 13.0 Å². The highest BCUT2D eigenvalue weighted by Crippen LogP contribution is 2.75. The minimum Gasteiger partial charge on any atom is -0.458 e. The first-order valence-electron chi connectivity index (χ1n) is 28.2. The van der Waals surface area contributed by atoms with Crippen LogP contribution in [-0.4, -0.2) is 228 Å². The molecule has 5 aliphatic heterocycles. The van der Waals surface area contributed by atoms with Gasteiger partial charge in [-0.05, 0) is 74.5 Å². The molecule has 5 saturated heterocycles. The van der Waals surface area contributed by atoms with Gasteiger partial charge in [0.15, 0.2) is 31.3 Å². The molecule has 28 nitrogen and oxygen atoms in total. The number of carbonyl (C=O) groups excluding carboxylic acids is 3. The van der Waals surface area contributed by atoms with Gasteiger partial charge in [-0.25, -0.2) is 8.37 Å². The number of rotatable bonds is 18. The third kappa shape index (κ3) is 11.7. The van der Waals surface area contributed by atoms with E-state index in [1.165, 1.54) is 6.92 Å². The average Bonchev–Trinajstić information content (AvgIpc) is 1.58. The topological polar surface area (TPSA) is 412 Å². The van der Waals surface area contributed by atoms with E-state index < -0.39 is 196 Å². The summed E-state index contributed by atoms with van der Waals surface area (Å²) in [5.74, 6) is -1.42. The lowest BCUT2D eigenvalue weighted by Gasteiger charge is -2.63. The van der Waals surface area contributed by atoms with Gasteiger partial charge in [0, 0.05) is 31.8 Å². The normalized spacial score (nSPS) is 48.2. The van der Waals surface area contributed by atoms with Crippen LogP contribution in [0.25, 0.3) is 0 Å². The van der Waals surface area contributed by atoms with E-state index in [4.69, 9.17) is 55.7 Å². The van der Waals surface area contributed by atoms with E-state index in [1.807, 2.05) is 34.6 Å². The van der Waals surface area contributed by atoms with Crippen LogP contribution in [0.2, 0.25) is 0 Å². The van der Waals surface area contributed by atoms with Crippen molar-refractivity contribution in [3.63, 3.8) is 0 Å². The summed E-state index contributed by atoms with van der Waals surface area (Å²) in [5, 5.41) is 77.5. The van der Waals surface area contributed by atoms with Crippen LogP contribution in [0.1, 0.15) is 107 Å². The molecule has 5 heterocycles. The third-order valence-corrected chi connectivity index (χ3v) is 20.8. The van der Waals surface area contributed by atoms with E-state index in [9.17, 15) is 76.1 Å². The van der Waals surface area contributed by atoms with E-state index >= 15 is 0 Å². The SMILES string of the molecule is COC1C(O)[C@H](OC2C(OS(=O)(=O)O)[C@H](O[C@@H]3C(C)O[C@@H](OC4C(O)[C@H](OS(=O)(=O)O)CO[C@H]4O[C@H]4CC[C@]5(C)C6CCC78C(=O)O[C@@](C)(CC(=O)CC(C)C)[C@H]7C(=O)C[C@@]8(C)C6=CC[C@H]5C4(C)C)C(O)C3O)OC[C@H]2O)OC(CO)[C@H]1O. The number of allylic oxidation sites excluding steroid dienone is 2. The van der Waals surface area contributed by atoms with Gasteiger partial charge in [0.25, 0.3) is 0 Å². The van der Waals surface area contributed by atoms with Crippen molar-refractivity contribution in [2.45, 2.75) is 229 Å². The summed E-state index contributed by atoms with van der Waals surface area (Å²) in [5.41, 5.74) is -3.33. The molecular weight excluding hydrogens is 1150 g/mol. The summed E-state index contributed by atoms with van der Waals surface area (Å²) in [6, 6.07) is 0. The first-order valence-corrected chi connectivity index (χ1v) is 31.0. The van der Waals surface area contributed by atoms with Crippen molar-refractivity contribution in [3.05, 3.63) is 11.6 Å². The van der Waals surface area contributed by atoms with Crippen molar-refractivity contribution in [1.82, 2.24) is 0 Å². The van der Waals surface area contributed by atoms with Crippen molar-refractivity contribution in [2.24, 2.45) is 45.3 Å². The van der Waals surface area contributed by atoms with E-state index in [-0.39, 0.29) is 42.2 Å². The van der Waals surface area contributed by atoms with Crippen LogP contribution in [0.3, 0.4) is 0 Å². The van der Waals surface area contributed by atoms with Crippen LogP contribution in [-0.2, 0) is 90.9 Å². The second-order valence-corrected chi connectivity index (χ2v) is 27.9. The lowest BCUT2D eigenvalue weighted by molar-refractivity contribution is -0.380. The van der Waals surface area contributed by atoms with Gasteiger partial charge < -0.3 is 83.1 Å². The van der Waals surface area contributed by atoms with Crippen molar-refractivity contribution in [2.75, 3.05) is 26.9 Å². The number of aliphatic hydroxyl groups excluding tert-OH is 7. The molecule has 9 rings (SSSR count). The molecule has 1 spiro atoms. The van der Waals surface area contributed by atoms with Gasteiger partial charge in [-0.2, -0.15) is 16.8 Å². The minimum atomic E-state index is -5.46. The number of aliphatic hydroxyl groups is 7. The Morgan fingerprint density at radius 3 is 2.00 bits per heavy atom. The van der Waals surface area contributed by atoms with Gasteiger partial charge in [-0.1, -0.05) is 53.2 Å². The van der Waals surface area contributed by atoms with E-state index in [0.717, 1.165) is 12.7 Å². The second kappa shape index (κ2) is 23.5. The number of hydrogen-bond donors (Lipinski definition) is 9. The molecule has 474 valence electrons. The zero-order valence-corrected chi connectivity index (χ0v) is 49.4. The molecule has 26 atom stereocenters. The maximum atomic E-state index is 14.4. The fraction of sp³-hybridized carbons (Fsp3) is 0.906. The molecule has 0 aromatic carbocycles. The zero-order chi connectivity index (χ0) is 61.1. The number of hydrogen-bond acceptors (Lipinski definition) is 26. The lowest BCUT2D eigenvalue weighted by atomic mass is 9.41. The van der Waals surface area contributed by atoms with Gasteiger partial charge in [0.2, 0.25) is 0 Å². The summed E-state index contributed by atoms with van der Waals surface area (Å²) in [6.07, 6.45) is -27.9. The Hall–Kier alpha value is -2.35. The maximum absolute atomic E-state index is 14.4. The fourth-order valence-electron chi connectivity index (χ4n) is 16.1. The molecule has 0 bridgehead atoms. The number of cyclic esters (lactones) is 1. The summed E-state index contributed by atoms with van der Waals surface area (Å²) in [4.78, 5) is 42.0. The van der Waals surface area contributed by atoms with Crippen molar-refractivity contribution in [1.29, 1.82) is 0 Å². The molecule has 30 heteroatoms. The molecule has 4 aliphatic carbocycles. The first-order chi connectivity index (χ1) is 38.5. The number of ketones is 2. The predicted octanol–water partition coefficient (Wildman–Crippen LogP) is -0.657. The molecule has 9 N–H and O–H groups in total. The molecule has 0 aromatic heterocycles. The molecule has 0 aromatic rings. The van der Waals surface area contributed by atoms with E-state index in [1.54, 1.807) is 6.92 Å². The summed E-state index contributed by atoms with van der Waals surface area (Å²) >= 11 is 0. The molecule has 9 aliphatic rings. The standard InChI is InChI=1S/C53H82O28S2/c1-22(2)16-24(55)17-52(8)43-27(56)18-51(7)26-10-11-31-49(4,5)32(13-14-50(31,6)25(26)12-15-53(43,51)48(63)79-52)75-46-41(34(59)30(21-72-46)80-82(64,65)66)78-44-36(61)35(60)38(23(3)73-44)76-47-42(81-83(67,68)69)39(28(57)20-71-47)77-45-37(62)40(70-9)33(58)29(19-54)74-45/h10,22-23,25,28-47,54,57-62H,11-21H2,1-9H3,(H,64,65,66)(H,67,68,69)/t23?,25?,28-,29?,30-,31+,32+,33-,34?,35?,36?,37?,38-,39?,40?,41?,42?,43-,44+,45+,46+,47+,50-,51+,52+,53?/m1/s1. The Labute approximate surface area is 481 Å². The highest BCUT2D eigenvalue weighted by atomic mass is 32.3. The minimum absolute atomic E-state index is 0.0394. The molecule has 0 amide bonds. The quantitative estimate of drug-likeness (QED) is 0.0467. The number of esters is 1. The number of methoxy groups -OCH3 is 1. The molecule has 3 saturated carbocycles. The van der Waals surface area contributed by atoms with Crippen molar-refractivity contribution < 1.29 is 132 Å². The highest BCUT2D eigenvalue weighted by Gasteiger charge is 2.79. The number of ether oxygens (including phenoxy) is 10. The van der Waals surface area contributed by atoms with E-state index in [0.29, 0.717) is 38.5 Å². The van der Waals surface area contributed by atoms with Crippen LogP contribution in [0.4, 0.5) is 0 Å². The van der Waals surface area contributed by atoms with Crippen LogP contribution < -0.4 is 0 Å². The van der Waals surface area contributed by atoms with Gasteiger partial charge in [0.05, 0.1) is 43.4 Å². The van der Waals surface area contributed by atoms with Gasteiger partial charge >= 0.3 is 26.8 Å². The second-order valence-electron chi connectivity index (χ2n) is 25.8. The average molecular weight is 1230 g/mol. The number of Topliss-reactive ketones (excluding diaryl/α,β-unsaturated/α-hetero) is 2. The van der Waals surface area contributed by atoms with Crippen LogP contribution in [0.5, 0.6) is 0 Å². The maximum Gasteiger partial charge on any atom is 0.397 e. The molecule has 8 fully saturated rings. The van der Waals surface area contributed by atoms with Crippen LogP contribution >= 0.6 is 0 Å². The smallest absolute Gasteiger partial charge is 0.397 e. The third-order valence-electron chi connectivity index (χ3n) is 19.8. The van der Waals surface area contributed by atoms with Crippen molar-refractivity contribution in [3.8, 4) is 0 Å². The Bertz CT molecular complexity index is 2670. The van der Waals surface area contributed by atoms with Crippen molar-refractivity contribution >= 4 is 38.3 Å². The predicted molar refractivity (Wildman–Crippen MR) is 276 cm³/mol. The van der Waals surface area contributed by atoms with Crippen LogP contribution in [0.15, 0.2) is 11.6 Å². The molecule has 83 heavy (non-hydrogen) atoms. The first kappa shape index (κ1) is 65.1. The number of fused-ring (bicyclic) bond motifs is 4. The summed E-state index contributed by atoms with van der Waals surface area (Å²) in [7, 11) is -9.55. The Morgan fingerprint density at radius 1 is 0.735 bits per heavy atom. The molecular formula is C53H82O28S2. The highest BCUT2D eigenvalue weighted by molar-refractivity contribution is 7.81. The summed E-state index contributed by atoms with van der Waals surface area (Å²) in [6.45, 7) is 13.0. The number of carbonyl (C=O) groups is 3. The van der Waals surface area contributed by atoms with Gasteiger partial charge in [-0.3, -0.25) is 23.5 Å². The Morgan fingerprint density at radius 2 is 1.36 bits per heavy atom. The van der Waals surface area contributed by atoms with Gasteiger partial charge in [0.1, 0.15) is 90.4 Å².